The molecule has 3 rings (SSSR count). The maximum Gasteiger partial charge on any atom is 0.352 e. The molecule has 0 saturated carbocycles. The van der Waals surface area contributed by atoms with Gasteiger partial charge in [-0.25, -0.2) is 9.48 Å². The van der Waals surface area contributed by atoms with Crippen molar-refractivity contribution in [3.63, 3.8) is 0 Å². The molecule has 2 amide bonds. The summed E-state index contributed by atoms with van der Waals surface area (Å²) in [6.45, 7) is 0. The Hall–Kier alpha value is -1.79. The molecule has 0 bridgehead atoms. The van der Waals surface area contributed by atoms with Gasteiger partial charge in [-0.1, -0.05) is 11.8 Å². The first kappa shape index (κ1) is 18.0. The number of carbonyl (C=O) groups is 3. The van der Waals surface area contributed by atoms with Crippen molar-refractivity contribution in [2.45, 2.75) is 16.6 Å². The summed E-state index contributed by atoms with van der Waals surface area (Å²) in [7, 11) is 1.68. The highest BCUT2D eigenvalue weighted by atomic mass is 35.5. The summed E-state index contributed by atoms with van der Waals surface area (Å²) in [6.07, 6.45) is 0. The monoisotopic (exact) mass is 404 g/mol. The molecule has 2 aliphatic rings. The topological polar surface area (TPSA) is 130 Å². The zero-order chi connectivity index (χ0) is 18.1. The molecule has 1 fully saturated rings. The Morgan fingerprint density at radius 2 is 2.28 bits per heavy atom. The van der Waals surface area contributed by atoms with E-state index in [0.29, 0.717) is 22.2 Å². The standard InChI is InChI=1S/C12H13ClN6O4S2/c1-18-12(15-16-17-18)25-4-5-3-24-10-7(14-6(20)2-13)9(21)19(10)8(5)11(22)23/h7,10H,2-4H2,1H3,(H,14,20)(H,22,23)/t7?,10-/m0/s1. The smallest absolute Gasteiger partial charge is 0.352 e. The van der Waals surface area contributed by atoms with Crippen molar-refractivity contribution in [2.75, 3.05) is 17.4 Å². The Balaban J connectivity index is 1.77. The van der Waals surface area contributed by atoms with Crippen LogP contribution < -0.4 is 5.32 Å². The lowest BCUT2D eigenvalue weighted by Gasteiger charge is -2.49. The SMILES string of the molecule is Cn1nnnc1SCC1=C(C(=O)O)N2C(=O)C(NC(=O)CCl)[C@@H]2SC1. The third-order valence-electron chi connectivity index (χ3n) is 3.64. The minimum atomic E-state index is -1.17. The highest BCUT2D eigenvalue weighted by molar-refractivity contribution is 8.01. The van der Waals surface area contributed by atoms with Crippen LogP contribution in [0, 0.1) is 0 Å². The van der Waals surface area contributed by atoms with Crippen molar-refractivity contribution in [3.8, 4) is 0 Å². The van der Waals surface area contributed by atoms with Crippen LogP contribution in [0.5, 0.6) is 0 Å². The van der Waals surface area contributed by atoms with Gasteiger partial charge in [0.25, 0.3) is 5.91 Å². The fourth-order valence-corrected chi connectivity index (χ4v) is 4.91. The first-order chi connectivity index (χ1) is 11.9. The number of carbonyl (C=O) groups excluding carboxylic acids is 2. The number of aryl methyl sites for hydroxylation is 1. The van der Waals surface area contributed by atoms with Crippen molar-refractivity contribution < 1.29 is 19.5 Å². The highest BCUT2D eigenvalue weighted by Crippen LogP contribution is 2.41. The second-order valence-electron chi connectivity index (χ2n) is 5.22. The quantitative estimate of drug-likeness (QED) is 0.358. The number of hydrogen-bond donors (Lipinski definition) is 2. The van der Waals surface area contributed by atoms with Crippen LogP contribution in [0.2, 0.25) is 0 Å². The summed E-state index contributed by atoms with van der Waals surface area (Å²) in [5.41, 5.74) is 0.574. The number of rotatable bonds is 6. The van der Waals surface area contributed by atoms with Crippen LogP contribution in [0.15, 0.2) is 16.4 Å². The molecule has 0 aliphatic carbocycles. The van der Waals surface area contributed by atoms with Crippen molar-refractivity contribution >= 4 is 52.9 Å². The number of nitrogens with one attached hydrogen (secondary N) is 1. The van der Waals surface area contributed by atoms with E-state index in [1.807, 2.05) is 0 Å². The van der Waals surface area contributed by atoms with Crippen LogP contribution in [-0.2, 0) is 21.4 Å². The summed E-state index contributed by atoms with van der Waals surface area (Å²) < 4.78 is 1.48. The van der Waals surface area contributed by atoms with E-state index in [4.69, 9.17) is 11.6 Å². The molecule has 10 nitrogen and oxygen atoms in total. The zero-order valence-electron chi connectivity index (χ0n) is 12.9. The third-order valence-corrected chi connectivity index (χ3v) is 6.32. The van der Waals surface area contributed by atoms with Crippen LogP contribution in [0.4, 0.5) is 0 Å². The van der Waals surface area contributed by atoms with E-state index < -0.39 is 29.2 Å². The van der Waals surface area contributed by atoms with Crippen molar-refractivity contribution in [2.24, 2.45) is 7.05 Å². The molecule has 0 aromatic carbocycles. The van der Waals surface area contributed by atoms with Gasteiger partial charge in [0.05, 0.1) is 0 Å². The predicted molar refractivity (Wildman–Crippen MR) is 89.9 cm³/mol. The molecule has 1 aromatic rings. The number of fused-ring (bicyclic) bond motifs is 1. The Kier molecular flexibility index (Phi) is 5.20. The molecule has 1 unspecified atom stereocenters. The molecule has 25 heavy (non-hydrogen) atoms. The lowest BCUT2D eigenvalue weighted by Crippen LogP contribution is -2.70. The van der Waals surface area contributed by atoms with E-state index >= 15 is 0 Å². The number of carboxylic acid groups (broad SMARTS) is 1. The van der Waals surface area contributed by atoms with Crippen molar-refractivity contribution in [3.05, 3.63) is 11.3 Å². The number of alkyl halides is 1. The van der Waals surface area contributed by atoms with Crippen molar-refractivity contribution in [1.82, 2.24) is 30.4 Å². The Labute approximate surface area is 155 Å². The minimum absolute atomic E-state index is 0.0345. The third kappa shape index (κ3) is 3.33. The van der Waals surface area contributed by atoms with Gasteiger partial charge in [-0.3, -0.25) is 14.5 Å². The molecule has 134 valence electrons. The first-order valence-corrected chi connectivity index (χ1v) is 9.61. The number of thioether (sulfide) groups is 2. The van der Waals surface area contributed by atoms with Crippen LogP contribution in [0.1, 0.15) is 0 Å². The van der Waals surface area contributed by atoms with Crippen LogP contribution in [0.3, 0.4) is 0 Å². The molecule has 1 aromatic heterocycles. The zero-order valence-corrected chi connectivity index (χ0v) is 15.3. The number of carboxylic acids is 1. The van der Waals surface area contributed by atoms with Gasteiger partial charge in [-0.05, 0) is 16.0 Å². The number of hydrogen-bond acceptors (Lipinski definition) is 8. The lowest BCUT2D eigenvalue weighted by atomic mass is 10.0. The second-order valence-corrected chi connectivity index (χ2v) is 7.53. The Bertz CT molecular complexity index is 769. The van der Waals surface area contributed by atoms with Crippen LogP contribution >= 0.6 is 35.1 Å². The summed E-state index contributed by atoms with van der Waals surface area (Å²) in [5.74, 6) is -1.56. The van der Waals surface area contributed by atoms with E-state index in [-0.39, 0.29) is 11.6 Å². The molecule has 13 heteroatoms. The molecular formula is C12H13ClN6O4S2. The average molecular weight is 405 g/mol. The van der Waals surface area contributed by atoms with Gasteiger partial charge in [0.1, 0.15) is 23.0 Å². The number of β-lactam (4-membered cyclic amide) rings is 1. The maximum absolute atomic E-state index is 12.3. The molecule has 3 heterocycles. The number of nitrogens with zero attached hydrogens (tertiary/aromatic N) is 5. The molecular weight excluding hydrogens is 392 g/mol. The van der Waals surface area contributed by atoms with Gasteiger partial charge in [-0.15, -0.1) is 28.5 Å². The number of tetrazole rings is 1. The molecule has 2 atom stereocenters. The molecule has 1 saturated heterocycles. The number of amides is 2. The summed E-state index contributed by atoms with van der Waals surface area (Å²) in [6, 6.07) is -0.747. The number of aliphatic carboxylic acids is 1. The summed E-state index contributed by atoms with van der Waals surface area (Å²) in [4.78, 5) is 36.6. The van der Waals surface area contributed by atoms with E-state index in [1.165, 1.54) is 33.1 Å². The van der Waals surface area contributed by atoms with Gasteiger partial charge >= 0.3 is 5.97 Å². The predicted octanol–water partition coefficient (Wildman–Crippen LogP) is -0.720. The van der Waals surface area contributed by atoms with Gasteiger partial charge in [0, 0.05) is 18.6 Å². The highest BCUT2D eigenvalue weighted by Gasteiger charge is 2.54. The molecule has 2 N–H and O–H groups in total. The molecule has 0 spiro atoms. The lowest BCUT2D eigenvalue weighted by molar-refractivity contribution is -0.150. The second kappa shape index (κ2) is 7.22. The largest absolute Gasteiger partial charge is 0.477 e. The minimum Gasteiger partial charge on any atom is -0.477 e. The summed E-state index contributed by atoms with van der Waals surface area (Å²) in [5, 5.41) is 23.3. The molecule has 0 radical (unpaired) electrons. The van der Waals surface area contributed by atoms with E-state index in [0.717, 1.165) is 0 Å². The number of aromatic nitrogens is 4. The fraction of sp³-hybridized carbons (Fsp3) is 0.500. The maximum atomic E-state index is 12.3. The van der Waals surface area contributed by atoms with Crippen molar-refractivity contribution in [1.29, 1.82) is 0 Å². The molecule has 2 aliphatic heterocycles. The van der Waals surface area contributed by atoms with Crippen LogP contribution in [-0.4, -0.2) is 76.8 Å². The van der Waals surface area contributed by atoms with E-state index in [2.05, 4.69) is 20.8 Å². The normalized spacial score (nSPS) is 22.5. The van der Waals surface area contributed by atoms with Gasteiger partial charge in [0.15, 0.2) is 0 Å². The van der Waals surface area contributed by atoms with E-state index in [1.54, 1.807) is 7.05 Å². The van der Waals surface area contributed by atoms with E-state index in [9.17, 15) is 19.5 Å². The number of halogens is 1. The average Bonchev–Trinajstić information content (AvgIpc) is 3.01. The Morgan fingerprint density at radius 1 is 1.52 bits per heavy atom. The van der Waals surface area contributed by atoms with Gasteiger partial charge in [-0.2, -0.15) is 0 Å². The summed E-state index contributed by atoms with van der Waals surface area (Å²) >= 11 is 8.13. The Morgan fingerprint density at radius 3 is 2.88 bits per heavy atom. The van der Waals surface area contributed by atoms with Crippen LogP contribution in [0.25, 0.3) is 0 Å². The first-order valence-electron chi connectivity index (χ1n) is 7.04. The van der Waals surface area contributed by atoms with Gasteiger partial charge < -0.3 is 10.4 Å². The van der Waals surface area contributed by atoms with Gasteiger partial charge in [0.2, 0.25) is 11.1 Å². The fourth-order valence-electron chi connectivity index (χ4n) is 2.50.